The Balaban J connectivity index is 2.59. The van der Waals surface area contributed by atoms with E-state index < -0.39 is 5.97 Å². The minimum atomic E-state index is -1.01. The molecule has 0 aliphatic carbocycles. The van der Waals surface area contributed by atoms with Gasteiger partial charge in [0.05, 0.1) is 17.8 Å². The van der Waals surface area contributed by atoms with Crippen LogP contribution in [-0.4, -0.2) is 47.0 Å². The van der Waals surface area contributed by atoms with Gasteiger partial charge in [0.15, 0.2) is 0 Å². The van der Waals surface area contributed by atoms with E-state index in [1.54, 1.807) is 24.2 Å². The normalized spacial score (nSPS) is 10.5. The highest BCUT2D eigenvalue weighted by atomic mass is 16.4. The number of carboxylic acid groups (broad SMARTS) is 1. The van der Waals surface area contributed by atoms with Crippen molar-refractivity contribution in [2.75, 3.05) is 20.1 Å². The third kappa shape index (κ3) is 5.05. The minimum Gasteiger partial charge on any atom is -0.478 e. The molecule has 0 fully saturated rings. The van der Waals surface area contributed by atoms with Gasteiger partial charge in [-0.25, -0.2) is 4.79 Å². The van der Waals surface area contributed by atoms with Gasteiger partial charge in [0, 0.05) is 19.3 Å². The molecule has 0 spiro atoms. The van der Waals surface area contributed by atoms with Crippen molar-refractivity contribution < 1.29 is 14.7 Å². The van der Waals surface area contributed by atoms with Crippen LogP contribution in [0.15, 0.2) is 18.3 Å². The average Bonchev–Trinajstić information content (AvgIpc) is 2.36. The average molecular weight is 265 g/mol. The van der Waals surface area contributed by atoms with Crippen LogP contribution in [0.2, 0.25) is 0 Å². The molecule has 0 saturated heterocycles. The number of hydrogen-bond donors (Lipinski definition) is 2. The lowest BCUT2D eigenvalue weighted by Crippen LogP contribution is -2.35. The molecule has 0 saturated carbocycles. The second kappa shape index (κ2) is 7.48. The number of aromatic nitrogens is 1. The van der Waals surface area contributed by atoms with Crippen LogP contribution >= 0.6 is 0 Å². The van der Waals surface area contributed by atoms with Crippen LogP contribution in [0.1, 0.15) is 29.4 Å². The molecule has 6 heteroatoms. The van der Waals surface area contributed by atoms with Crippen molar-refractivity contribution in [3.63, 3.8) is 0 Å². The van der Waals surface area contributed by atoms with E-state index >= 15 is 0 Å². The van der Waals surface area contributed by atoms with E-state index in [4.69, 9.17) is 5.11 Å². The summed E-state index contributed by atoms with van der Waals surface area (Å²) in [6.07, 6.45) is 2.44. The van der Waals surface area contributed by atoms with Crippen molar-refractivity contribution in [1.82, 2.24) is 15.2 Å². The third-order valence-electron chi connectivity index (χ3n) is 2.53. The number of amides is 1. The van der Waals surface area contributed by atoms with Crippen LogP contribution in [0.3, 0.4) is 0 Å². The highest BCUT2D eigenvalue weighted by molar-refractivity contribution is 5.88. The molecular weight excluding hydrogens is 246 g/mol. The summed E-state index contributed by atoms with van der Waals surface area (Å²) in [5.41, 5.74) is 0.629. The van der Waals surface area contributed by atoms with Crippen molar-refractivity contribution >= 4 is 11.9 Å². The quantitative estimate of drug-likeness (QED) is 0.759. The van der Waals surface area contributed by atoms with Gasteiger partial charge in [-0.15, -0.1) is 0 Å². The number of nitrogens with one attached hydrogen (secondary N) is 1. The second-order valence-corrected chi connectivity index (χ2v) is 4.33. The zero-order valence-electron chi connectivity index (χ0n) is 11.2. The van der Waals surface area contributed by atoms with Crippen molar-refractivity contribution in [3.8, 4) is 0 Å². The molecule has 0 unspecified atom stereocenters. The Morgan fingerprint density at radius 2 is 2.21 bits per heavy atom. The van der Waals surface area contributed by atoms with Gasteiger partial charge in [-0.3, -0.25) is 14.7 Å². The van der Waals surface area contributed by atoms with Gasteiger partial charge in [-0.1, -0.05) is 6.92 Å². The Bertz CT molecular complexity index is 449. The topological polar surface area (TPSA) is 82.5 Å². The summed E-state index contributed by atoms with van der Waals surface area (Å²) >= 11 is 0. The zero-order chi connectivity index (χ0) is 14.3. The van der Waals surface area contributed by atoms with Gasteiger partial charge < -0.3 is 10.4 Å². The Labute approximate surface area is 112 Å². The first-order chi connectivity index (χ1) is 9.04. The maximum atomic E-state index is 11.5. The molecule has 6 nitrogen and oxygen atoms in total. The van der Waals surface area contributed by atoms with E-state index in [1.165, 1.54) is 6.07 Å². The largest absolute Gasteiger partial charge is 0.478 e. The maximum absolute atomic E-state index is 11.5. The molecule has 1 aromatic rings. The molecule has 0 aliphatic rings. The molecule has 0 atom stereocenters. The van der Waals surface area contributed by atoms with Gasteiger partial charge in [0.2, 0.25) is 5.91 Å². The number of likely N-dealkylation sites (N-methyl/N-ethyl adjacent to an activating group) is 1. The van der Waals surface area contributed by atoms with Gasteiger partial charge in [-0.2, -0.15) is 0 Å². The van der Waals surface area contributed by atoms with Gasteiger partial charge in [-0.05, 0) is 25.6 Å². The molecule has 1 rings (SSSR count). The number of carbonyl (C=O) groups excluding carboxylic acids is 1. The molecule has 0 radical (unpaired) electrons. The number of rotatable bonds is 7. The number of hydrogen-bond acceptors (Lipinski definition) is 4. The summed E-state index contributed by atoms with van der Waals surface area (Å²) in [6.45, 7) is 3.17. The fourth-order valence-electron chi connectivity index (χ4n) is 1.64. The lowest BCUT2D eigenvalue weighted by Gasteiger charge is -2.16. The van der Waals surface area contributed by atoms with Crippen LogP contribution in [0.25, 0.3) is 0 Å². The Kier molecular flexibility index (Phi) is 5.95. The Morgan fingerprint density at radius 1 is 1.47 bits per heavy atom. The standard InChI is InChI=1S/C13H19N3O3/c1-3-6-15-12(17)9-16(2)8-11-10(13(18)19)5-4-7-14-11/h4-5,7H,3,6,8-9H2,1-2H3,(H,15,17)(H,18,19). The van der Waals surface area contributed by atoms with E-state index in [2.05, 4.69) is 10.3 Å². The first-order valence-corrected chi connectivity index (χ1v) is 6.17. The van der Waals surface area contributed by atoms with E-state index in [0.717, 1.165) is 6.42 Å². The first kappa shape index (κ1) is 15.1. The number of carboxylic acids is 1. The molecular formula is C13H19N3O3. The molecule has 0 aromatic carbocycles. The highest BCUT2D eigenvalue weighted by Gasteiger charge is 2.13. The lowest BCUT2D eigenvalue weighted by atomic mass is 10.2. The number of nitrogens with zero attached hydrogens (tertiary/aromatic N) is 2. The number of pyridine rings is 1. The van der Waals surface area contributed by atoms with Crippen LogP contribution in [-0.2, 0) is 11.3 Å². The smallest absolute Gasteiger partial charge is 0.337 e. The summed E-state index contributed by atoms with van der Waals surface area (Å²) in [6, 6.07) is 3.09. The van der Waals surface area contributed by atoms with Gasteiger partial charge in [0.1, 0.15) is 0 Å². The van der Waals surface area contributed by atoms with E-state index in [-0.39, 0.29) is 18.0 Å². The van der Waals surface area contributed by atoms with Crippen LogP contribution < -0.4 is 5.32 Å². The fourth-order valence-corrected chi connectivity index (χ4v) is 1.64. The number of carbonyl (C=O) groups is 2. The molecule has 19 heavy (non-hydrogen) atoms. The fraction of sp³-hybridized carbons (Fsp3) is 0.462. The maximum Gasteiger partial charge on any atom is 0.337 e. The van der Waals surface area contributed by atoms with E-state index in [0.29, 0.717) is 18.8 Å². The van der Waals surface area contributed by atoms with Crippen LogP contribution in [0, 0.1) is 0 Å². The minimum absolute atomic E-state index is 0.0721. The molecule has 2 N–H and O–H groups in total. The third-order valence-corrected chi connectivity index (χ3v) is 2.53. The van der Waals surface area contributed by atoms with E-state index in [9.17, 15) is 9.59 Å². The number of aromatic carboxylic acids is 1. The first-order valence-electron chi connectivity index (χ1n) is 6.17. The summed E-state index contributed by atoms with van der Waals surface area (Å²) in [5, 5.41) is 11.8. The summed E-state index contributed by atoms with van der Waals surface area (Å²) < 4.78 is 0. The van der Waals surface area contributed by atoms with Gasteiger partial charge in [0.25, 0.3) is 0 Å². The van der Waals surface area contributed by atoms with Gasteiger partial charge >= 0.3 is 5.97 Å². The monoisotopic (exact) mass is 265 g/mol. The van der Waals surface area contributed by atoms with E-state index in [1.807, 2.05) is 6.92 Å². The zero-order valence-corrected chi connectivity index (χ0v) is 11.2. The lowest BCUT2D eigenvalue weighted by molar-refractivity contribution is -0.122. The molecule has 0 bridgehead atoms. The molecule has 1 amide bonds. The summed E-state index contributed by atoms with van der Waals surface area (Å²) in [4.78, 5) is 28.4. The van der Waals surface area contributed by atoms with Crippen LogP contribution in [0.4, 0.5) is 0 Å². The molecule has 0 aliphatic heterocycles. The summed E-state index contributed by atoms with van der Waals surface area (Å²) in [5.74, 6) is -1.08. The second-order valence-electron chi connectivity index (χ2n) is 4.33. The molecule has 1 heterocycles. The van der Waals surface area contributed by atoms with Crippen molar-refractivity contribution in [2.45, 2.75) is 19.9 Å². The molecule has 104 valence electrons. The van der Waals surface area contributed by atoms with Crippen LogP contribution in [0.5, 0.6) is 0 Å². The predicted molar refractivity (Wildman–Crippen MR) is 70.8 cm³/mol. The van der Waals surface area contributed by atoms with Crippen molar-refractivity contribution in [2.24, 2.45) is 0 Å². The van der Waals surface area contributed by atoms with Crippen molar-refractivity contribution in [1.29, 1.82) is 0 Å². The Morgan fingerprint density at radius 3 is 2.84 bits per heavy atom. The highest BCUT2D eigenvalue weighted by Crippen LogP contribution is 2.07. The summed E-state index contributed by atoms with van der Waals surface area (Å²) in [7, 11) is 1.76. The SMILES string of the molecule is CCCNC(=O)CN(C)Cc1ncccc1C(=O)O. The Hall–Kier alpha value is -1.95. The van der Waals surface area contributed by atoms with Crippen molar-refractivity contribution in [3.05, 3.63) is 29.6 Å². The predicted octanol–water partition coefficient (Wildman–Crippen LogP) is 0.738. The molecule has 1 aromatic heterocycles.